The topological polar surface area (TPSA) is 54.0 Å². The number of aryl methyl sites for hydroxylation is 1. The van der Waals surface area contributed by atoms with Crippen molar-refractivity contribution in [3.05, 3.63) is 87.9 Å². The van der Waals surface area contributed by atoms with Crippen molar-refractivity contribution in [2.24, 2.45) is 0 Å². The highest BCUT2D eigenvalue weighted by atomic mass is 35.5. The molecule has 0 aliphatic heterocycles. The minimum atomic E-state index is -2.99. The van der Waals surface area contributed by atoms with Crippen molar-refractivity contribution in [1.29, 1.82) is 0 Å². The second-order valence-corrected chi connectivity index (χ2v) is 7.62. The zero-order valence-electron chi connectivity index (χ0n) is 18.8. The highest BCUT2D eigenvalue weighted by Crippen LogP contribution is 2.30. The smallest absolute Gasteiger partial charge is 0.387 e. The summed E-state index contributed by atoms with van der Waals surface area (Å²) in [6, 6.07) is 14.9. The number of carbonyl (C=O) groups excluding carboxylic acids is 1. The van der Waals surface area contributed by atoms with Crippen molar-refractivity contribution in [1.82, 2.24) is 0 Å². The Bertz CT molecular complexity index is 1190. The molecule has 0 unspecified atom stereocenters. The third kappa shape index (κ3) is 6.48. The Balaban J connectivity index is 1.75. The molecule has 34 heavy (non-hydrogen) atoms. The molecular weight excluding hydrogens is 466 g/mol. The maximum atomic E-state index is 12.6. The zero-order valence-corrected chi connectivity index (χ0v) is 19.6. The molecule has 0 amide bonds. The van der Waals surface area contributed by atoms with E-state index < -0.39 is 6.61 Å². The maximum absolute atomic E-state index is 12.6. The van der Waals surface area contributed by atoms with Crippen LogP contribution in [0.3, 0.4) is 0 Å². The lowest BCUT2D eigenvalue weighted by Gasteiger charge is -2.12. The first-order valence-electron chi connectivity index (χ1n) is 10.2. The van der Waals surface area contributed by atoms with E-state index in [1.807, 2.05) is 19.1 Å². The van der Waals surface area contributed by atoms with E-state index in [0.29, 0.717) is 16.5 Å². The molecule has 0 spiro atoms. The van der Waals surface area contributed by atoms with Crippen molar-refractivity contribution in [2.75, 3.05) is 14.2 Å². The number of methoxy groups -OCH3 is 2. The first kappa shape index (κ1) is 25.1. The first-order valence-corrected chi connectivity index (χ1v) is 10.6. The van der Waals surface area contributed by atoms with Crippen LogP contribution in [0.5, 0.6) is 23.0 Å². The van der Waals surface area contributed by atoms with E-state index in [1.165, 1.54) is 31.4 Å². The average Bonchev–Trinajstić information content (AvgIpc) is 2.83. The van der Waals surface area contributed by atoms with Crippen molar-refractivity contribution in [3.8, 4) is 23.0 Å². The minimum Gasteiger partial charge on any atom is -0.496 e. The van der Waals surface area contributed by atoms with Crippen LogP contribution < -0.4 is 18.9 Å². The maximum Gasteiger partial charge on any atom is 0.387 e. The van der Waals surface area contributed by atoms with E-state index in [0.717, 1.165) is 16.7 Å². The minimum absolute atomic E-state index is 0.0425. The first-order chi connectivity index (χ1) is 16.3. The van der Waals surface area contributed by atoms with Crippen LogP contribution in [0.2, 0.25) is 5.02 Å². The number of ether oxygens (including phenoxy) is 4. The number of hydrogen-bond donors (Lipinski definition) is 0. The van der Waals surface area contributed by atoms with Crippen LogP contribution in [-0.4, -0.2) is 26.6 Å². The molecule has 5 nitrogen and oxygen atoms in total. The molecule has 0 saturated carbocycles. The van der Waals surface area contributed by atoms with Crippen molar-refractivity contribution in [2.45, 2.75) is 20.1 Å². The molecule has 0 bridgehead atoms. The summed E-state index contributed by atoms with van der Waals surface area (Å²) in [7, 11) is 2.88. The van der Waals surface area contributed by atoms with Gasteiger partial charge >= 0.3 is 6.61 Å². The lowest BCUT2D eigenvalue weighted by atomic mass is 10.1. The number of halogens is 3. The quantitative estimate of drug-likeness (QED) is 0.233. The number of carbonyl (C=O) groups is 1. The van der Waals surface area contributed by atoms with Gasteiger partial charge in [0, 0.05) is 16.1 Å². The molecular formula is C26H23ClF2O5. The van der Waals surface area contributed by atoms with Crippen molar-refractivity contribution in [3.63, 3.8) is 0 Å². The Morgan fingerprint density at radius 3 is 2.38 bits per heavy atom. The monoisotopic (exact) mass is 488 g/mol. The molecule has 3 aromatic rings. The molecule has 178 valence electrons. The molecule has 8 heteroatoms. The lowest BCUT2D eigenvalue weighted by molar-refractivity contribution is -0.0512. The number of rotatable bonds is 10. The summed E-state index contributed by atoms with van der Waals surface area (Å²) in [6.07, 6.45) is 3.03. The van der Waals surface area contributed by atoms with Gasteiger partial charge in [0.25, 0.3) is 0 Å². The van der Waals surface area contributed by atoms with Crippen LogP contribution in [0.4, 0.5) is 8.78 Å². The molecule has 0 atom stereocenters. The molecule has 0 heterocycles. The van der Waals surface area contributed by atoms with Crippen LogP contribution in [0.25, 0.3) is 6.08 Å². The third-order valence-corrected chi connectivity index (χ3v) is 5.34. The van der Waals surface area contributed by atoms with Crippen LogP contribution in [0, 0.1) is 6.92 Å². The Morgan fingerprint density at radius 2 is 1.71 bits per heavy atom. The van der Waals surface area contributed by atoms with E-state index in [1.54, 1.807) is 37.5 Å². The van der Waals surface area contributed by atoms with Gasteiger partial charge in [-0.3, -0.25) is 4.79 Å². The van der Waals surface area contributed by atoms with E-state index in [9.17, 15) is 13.6 Å². The van der Waals surface area contributed by atoms with Crippen LogP contribution in [0.1, 0.15) is 27.0 Å². The van der Waals surface area contributed by atoms with Gasteiger partial charge < -0.3 is 18.9 Å². The summed E-state index contributed by atoms with van der Waals surface area (Å²) >= 11 is 6.06. The fraction of sp³-hybridized carbons (Fsp3) is 0.192. The second kappa shape index (κ2) is 11.5. The standard InChI is InChI=1S/C26H23ClF2O5/c1-16-12-20(7-8-21(16)27)33-15-19-13-17(5-10-23(19)31-2)4-9-22(30)18-6-11-24(34-26(28)29)25(14-18)32-3/h4-14,26H,15H2,1-3H3/b9-4+. The zero-order chi connectivity index (χ0) is 24.7. The van der Waals surface area contributed by atoms with Gasteiger partial charge in [-0.25, -0.2) is 0 Å². The molecule has 0 radical (unpaired) electrons. The highest BCUT2D eigenvalue weighted by molar-refractivity contribution is 6.31. The summed E-state index contributed by atoms with van der Waals surface area (Å²) in [5, 5.41) is 0.663. The van der Waals surface area contributed by atoms with E-state index in [2.05, 4.69) is 4.74 Å². The van der Waals surface area contributed by atoms with E-state index >= 15 is 0 Å². The lowest BCUT2D eigenvalue weighted by Crippen LogP contribution is -2.04. The predicted octanol–water partition coefficient (Wildman–Crippen LogP) is 6.74. The summed E-state index contributed by atoms with van der Waals surface area (Å²) in [4.78, 5) is 12.6. The molecule has 3 aromatic carbocycles. The Hall–Kier alpha value is -3.58. The van der Waals surface area contributed by atoms with Gasteiger partial charge in [-0.05, 0) is 72.7 Å². The predicted molar refractivity (Wildman–Crippen MR) is 127 cm³/mol. The normalized spacial score (nSPS) is 11.0. The fourth-order valence-electron chi connectivity index (χ4n) is 3.17. The van der Waals surface area contributed by atoms with Gasteiger partial charge in [-0.1, -0.05) is 23.7 Å². The molecule has 3 rings (SSSR count). The molecule has 0 aromatic heterocycles. The Morgan fingerprint density at radius 1 is 0.971 bits per heavy atom. The fourth-order valence-corrected chi connectivity index (χ4v) is 3.28. The van der Waals surface area contributed by atoms with Gasteiger partial charge in [0.05, 0.1) is 14.2 Å². The van der Waals surface area contributed by atoms with Gasteiger partial charge in [0.2, 0.25) is 0 Å². The van der Waals surface area contributed by atoms with Gasteiger partial charge in [-0.15, -0.1) is 0 Å². The second-order valence-electron chi connectivity index (χ2n) is 7.21. The number of alkyl halides is 2. The Kier molecular flexibility index (Phi) is 8.49. The Labute approximate surface area is 201 Å². The van der Waals surface area contributed by atoms with Crippen LogP contribution in [-0.2, 0) is 6.61 Å². The third-order valence-electron chi connectivity index (χ3n) is 4.92. The molecule has 0 aliphatic carbocycles. The summed E-state index contributed by atoms with van der Waals surface area (Å²) in [5.41, 5.74) is 2.72. The molecule has 0 N–H and O–H groups in total. The molecule has 0 aliphatic rings. The van der Waals surface area contributed by atoms with E-state index in [4.69, 9.17) is 25.8 Å². The van der Waals surface area contributed by atoms with Gasteiger partial charge in [0.15, 0.2) is 17.3 Å². The van der Waals surface area contributed by atoms with Crippen LogP contribution >= 0.6 is 11.6 Å². The SMILES string of the molecule is COc1ccc(/C=C/C(=O)c2ccc(OC(F)F)c(OC)c2)cc1COc1ccc(Cl)c(C)c1. The van der Waals surface area contributed by atoms with Gasteiger partial charge in [-0.2, -0.15) is 8.78 Å². The van der Waals surface area contributed by atoms with Crippen LogP contribution in [0.15, 0.2) is 60.7 Å². The molecule has 0 fully saturated rings. The largest absolute Gasteiger partial charge is 0.496 e. The van der Waals surface area contributed by atoms with Crippen molar-refractivity contribution < 1.29 is 32.5 Å². The number of benzene rings is 3. The summed E-state index contributed by atoms with van der Waals surface area (Å²) < 4.78 is 45.7. The number of ketones is 1. The highest BCUT2D eigenvalue weighted by Gasteiger charge is 2.13. The summed E-state index contributed by atoms with van der Waals surface area (Å²) in [5.74, 6) is 0.892. The van der Waals surface area contributed by atoms with Gasteiger partial charge in [0.1, 0.15) is 18.1 Å². The van der Waals surface area contributed by atoms with Crippen molar-refractivity contribution >= 4 is 23.5 Å². The summed E-state index contributed by atoms with van der Waals surface area (Å²) in [6.45, 7) is -0.845. The number of hydrogen-bond acceptors (Lipinski definition) is 5. The molecule has 0 saturated heterocycles. The van der Waals surface area contributed by atoms with E-state index in [-0.39, 0.29) is 29.5 Å². The number of allylic oxidation sites excluding steroid dienone is 1. The average molecular weight is 489 g/mol.